The second-order valence-electron chi connectivity index (χ2n) is 5.21. The zero-order chi connectivity index (χ0) is 15.0. The molecule has 4 heteroatoms. The molecule has 0 heterocycles. The Morgan fingerprint density at radius 3 is 2.45 bits per heavy atom. The molecule has 0 bridgehead atoms. The summed E-state index contributed by atoms with van der Waals surface area (Å²) < 4.78 is 5.60. The fraction of sp³-hybridized carbons (Fsp3) is 0.562. The fourth-order valence-corrected chi connectivity index (χ4v) is 1.87. The van der Waals surface area contributed by atoms with Gasteiger partial charge in [-0.1, -0.05) is 32.9 Å². The summed E-state index contributed by atoms with van der Waals surface area (Å²) >= 11 is 0. The minimum Gasteiger partial charge on any atom is -0.494 e. The quantitative estimate of drug-likeness (QED) is 0.729. The average molecular weight is 279 g/mol. The molecule has 112 valence electrons. The van der Waals surface area contributed by atoms with Gasteiger partial charge in [-0.2, -0.15) is 0 Å². The summed E-state index contributed by atoms with van der Waals surface area (Å²) in [5.41, 5.74) is 1.27. The van der Waals surface area contributed by atoms with Gasteiger partial charge in [0.15, 0.2) is 0 Å². The van der Waals surface area contributed by atoms with E-state index in [0.717, 1.165) is 12.2 Å². The Balaban J connectivity index is 2.40. The van der Waals surface area contributed by atoms with Crippen molar-refractivity contribution in [3.63, 3.8) is 0 Å². The first kappa shape index (κ1) is 16.5. The SMILES string of the molecule is CCCNC(CCOc1ccc(C(C)C)cc1)C(=O)O. The van der Waals surface area contributed by atoms with Gasteiger partial charge in [0.2, 0.25) is 0 Å². The van der Waals surface area contributed by atoms with E-state index in [9.17, 15) is 4.79 Å². The van der Waals surface area contributed by atoms with Crippen molar-refractivity contribution in [2.45, 2.75) is 45.6 Å². The van der Waals surface area contributed by atoms with Crippen molar-refractivity contribution in [3.05, 3.63) is 29.8 Å². The van der Waals surface area contributed by atoms with Crippen molar-refractivity contribution < 1.29 is 14.6 Å². The summed E-state index contributed by atoms with van der Waals surface area (Å²) in [4.78, 5) is 11.0. The normalized spacial score (nSPS) is 12.4. The van der Waals surface area contributed by atoms with Crippen LogP contribution >= 0.6 is 0 Å². The predicted molar refractivity (Wildman–Crippen MR) is 80.4 cm³/mol. The third kappa shape index (κ3) is 5.61. The monoisotopic (exact) mass is 279 g/mol. The van der Waals surface area contributed by atoms with E-state index in [0.29, 0.717) is 25.5 Å². The van der Waals surface area contributed by atoms with Gasteiger partial charge in [-0.15, -0.1) is 0 Å². The molecule has 0 aliphatic rings. The maximum atomic E-state index is 11.0. The van der Waals surface area contributed by atoms with E-state index in [2.05, 4.69) is 19.2 Å². The second kappa shape index (κ2) is 8.59. The Labute approximate surface area is 121 Å². The summed E-state index contributed by atoms with van der Waals surface area (Å²) in [7, 11) is 0. The number of ether oxygens (including phenoxy) is 1. The highest BCUT2D eigenvalue weighted by atomic mass is 16.5. The molecule has 0 fully saturated rings. The number of hydrogen-bond acceptors (Lipinski definition) is 3. The number of carbonyl (C=O) groups is 1. The van der Waals surface area contributed by atoms with Crippen LogP contribution in [0.15, 0.2) is 24.3 Å². The Kier molecular flexibility index (Phi) is 7.09. The van der Waals surface area contributed by atoms with Crippen LogP contribution in [-0.4, -0.2) is 30.3 Å². The Hall–Kier alpha value is -1.55. The van der Waals surface area contributed by atoms with E-state index in [1.54, 1.807) is 0 Å². The molecule has 1 aromatic carbocycles. The second-order valence-corrected chi connectivity index (χ2v) is 5.21. The summed E-state index contributed by atoms with van der Waals surface area (Å²) in [5.74, 6) is 0.463. The lowest BCUT2D eigenvalue weighted by Gasteiger charge is -2.14. The lowest BCUT2D eigenvalue weighted by molar-refractivity contribution is -0.139. The largest absolute Gasteiger partial charge is 0.494 e. The van der Waals surface area contributed by atoms with Gasteiger partial charge < -0.3 is 15.2 Å². The lowest BCUT2D eigenvalue weighted by atomic mass is 10.0. The smallest absolute Gasteiger partial charge is 0.320 e. The van der Waals surface area contributed by atoms with Crippen LogP contribution in [-0.2, 0) is 4.79 Å². The summed E-state index contributed by atoms with van der Waals surface area (Å²) in [6.45, 7) is 7.41. The van der Waals surface area contributed by atoms with E-state index >= 15 is 0 Å². The highest BCUT2D eigenvalue weighted by Crippen LogP contribution is 2.18. The van der Waals surface area contributed by atoms with Gasteiger partial charge in [0.1, 0.15) is 11.8 Å². The molecule has 0 aromatic heterocycles. The fourth-order valence-electron chi connectivity index (χ4n) is 1.87. The first-order valence-electron chi connectivity index (χ1n) is 7.23. The van der Waals surface area contributed by atoms with Crippen molar-refractivity contribution in [2.24, 2.45) is 0 Å². The van der Waals surface area contributed by atoms with Gasteiger partial charge in [-0.3, -0.25) is 4.79 Å². The van der Waals surface area contributed by atoms with Gasteiger partial charge in [0.05, 0.1) is 6.61 Å². The van der Waals surface area contributed by atoms with E-state index in [1.807, 2.05) is 31.2 Å². The van der Waals surface area contributed by atoms with Crippen LogP contribution in [0.3, 0.4) is 0 Å². The van der Waals surface area contributed by atoms with Crippen molar-refractivity contribution in [2.75, 3.05) is 13.2 Å². The number of aliphatic carboxylic acids is 1. The molecule has 0 saturated carbocycles. The van der Waals surface area contributed by atoms with Crippen LogP contribution in [0.2, 0.25) is 0 Å². The first-order valence-corrected chi connectivity index (χ1v) is 7.23. The third-order valence-electron chi connectivity index (χ3n) is 3.16. The molecule has 0 saturated heterocycles. The number of nitrogens with one attached hydrogen (secondary N) is 1. The number of carboxylic acid groups (broad SMARTS) is 1. The molecule has 4 nitrogen and oxygen atoms in total. The zero-order valence-electron chi connectivity index (χ0n) is 12.6. The van der Waals surface area contributed by atoms with Crippen LogP contribution in [0.25, 0.3) is 0 Å². The van der Waals surface area contributed by atoms with Crippen molar-refractivity contribution >= 4 is 5.97 Å². The summed E-state index contributed by atoms with van der Waals surface area (Å²) in [6.07, 6.45) is 1.38. The van der Waals surface area contributed by atoms with Crippen molar-refractivity contribution in [1.82, 2.24) is 5.32 Å². The Bertz CT molecular complexity index is 401. The molecule has 0 amide bonds. The zero-order valence-corrected chi connectivity index (χ0v) is 12.6. The van der Waals surface area contributed by atoms with Gasteiger partial charge in [-0.25, -0.2) is 0 Å². The molecule has 1 unspecified atom stereocenters. The van der Waals surface area contributed by atoms with Crippen LogP contribution in [0.4, 0.5) is 0 Å². The molecule has 0 spiro atoms. The number of rotatable bonds is 9. The third-order valence-corrected chi connectivity index (χ3v) is 3.16. The van der Waals surface area contributed by atoms with E-state index in [1.165, 1.54) is 5.56 Å². The maximum Gasteiger partial charge on any atom is 0.320 e. The van der Waals surface area contributed by atoms with Gasteiger partial charge in [0, 0.05) is 6.42 Å². The highest BCUT2D eigenvalue weighted by molar-refractivity contribution is 5.73. The molecule has 1 aromatic rings. The van der Waals surface area contributed by atoms with E-state index in [4.69, 9.17) is 9.84 Å². The average Bonchev–Trinajstić information content (AvgIpc) is 2.42. The Morgan fingerprint density at radius 2 is 1.95 bits per heavy atom. The lowest BCUT2D eigenvalue weighted by Crippen LogP contribution is -2.38. The molecule has 0 aliphatic heterocycles. The number of carboxylic acids is 1. The van der Waals surface area contributed by atoms with Gasteiger partial charge in [0.25, 0.3) is 0 Å². The molecule has 20 heavy (non-hydrogen) atoms. The maximum absolute atomic E-state index is 11.0. The van der Waals surface area contributed by atoms with E-state index < -0.39 is 12.0 Å². The topological polar surface area (TPSA) is 58.6 Å². The van der Waals surface area contributed by atoms with Crippen LogP contribution in [0, 0.1) is 0 Å². The van der Waals surface area contributed by atoms with Crippen molar-refractivity contribution in [1.29, 1.82) is 0 Å². The minimum absolute atomic E-state index is 0.398. The van der Waals surface area contributed by atoms with Crippen LogP contribution < -0.4 is 10.1 Å². The number of hydrogen-bond donors (Lipinski definition) is 2. The minimum atomic E-state index is -0.822. The van der Waals surface area contributed by atoms with Crippen LogP contribution in [0.1, 0.15) is 45.1 Å². The standard InChI is InChI=1S/C16H25NO3/c1-4-10-17-15(16(18)19)9-11-20-14-7-5-13(6-8-14)12(2)3/h5-8,12,15,17H,4,9-11H2,1-3H3,(H,18,19). The molecular weight excluding hydrogens is 254 g/mol. The first-order chi connectivity index (χ1) is 9.54. The predicted octanol–water partition coefficient (Wildman–Crippen LogP) is 3.03. The molecule has 2 N–H and O–H groups in total. The molecule has 1 rings (SSSR count). The molecule has 0 radical (unpaired) electrons. The summed E-state index contributed by atoms with van der Waals surface area (Å²) in [6, 6.07) is 7.42. The van der Waals surface area contributed by atoms with E-state index in [-0.39, 0.29) is 0 Å². The molecule has 0 aliphatic carbocycles. The highest BCUT2D eigenvalue weighted by Gasteiger charge is 2.15. The molecular formula is C16H25NO3. The van der Waals surface area contributed by atoms with Gasteiger partial charge >= 0.3 is 5.97 Å². The van der Waals surface area contributed by atoms with Crippen molar-refractivity contribution in [3.8, 4) is 5.75 Å². The van der Waals surface area contributed by atoms with Gasteiger partial charge in [-0.05, 0) is 36.6 Å². The Morgan fingerprint density at radius 1 is 1.30 bits per heavy atom. The number of benzene rings is 1. The summed E-state index contributed by atoms with van der Waals surface area (Å²) in [5, 5.41) is 12.1. The molecule has 1 atom stereocenters. The van der Waals surface area contributed by atoms with Crippen LogP contribution in [0.5, 0.6) is 5.75 Å².